The molecule has 9 nitrogen and oxygen atoms in total. The zero-order chi connectivity index (χ0) is 18.8. The second-order valence-corrected chi connectivity index (χ2v) is 7.21. The summed E-state index contributed by atoms with van der Waals surface area (Å²) in [5.74, 6) is 0.786. The molecule has 0 aliphatic carbocycles. The van der Waals surface area contributed by atoms with E-state index in [2.05, 4.69) is 36.3 Å². The van der Waals surface area contributed by atoms with Gasteiger partial charge >= 0.3 is 0 Å². The summed E-state index contributed by atoms with van der Waals surface area (Å²) in [5.41, 5.74) is 1.31. The van der Waals surface area contributed by atoms with E-state index >= 15 is 0 Å². The van der Waals surface area contributed by atoms with E-state index in [1.54, 1.807) is 28.7 Å². The first-order valence-corrected chi connectivity index (χ1v) is 9.41. The van der Waals surface area contributed by atoms with Crippen LogP contribution in [-0.4, -0.2) is 63.3 Å². The number of carbonyl (C=O) groups excluding carboxylic acids is 1. The molecule has 0 aromatic carbocycles. The van der Waals surface area contributed by atoms with Crippen LogP contribution in [0.1, 0.15) is 5.56 Å². The number of carbonyl (C=O) groups is 1. The van der Waals surface area contributed by atoms with Crippen LogP contribution in [0, 0.1) is 11.3 Å². The molecule has 1 aliphatic rings. The Morgan fingerprint density at radius 3 is 2.93 bits per heavy atom. The fourth-order valence-corrected chi connectivity index (χ4v) is 3.94. The summed E-state index contributed by atoms with van der Waals surface area (Å²) in [4.78, 5) is 25.3. The molecule has 1 aliphatic heterocycles. The molecule has 3 aromatic rings. The summed E-state index contributed by atoms with van der Waals surface area (Å²) >= 11 is 1.36. The first kappa shape index (κ1) is 17.4. The van der Waals surface area contributed by atoms with E-state index in [1.807, 2.05) is 7.05 Å². The molecular weight excluding hydrogens is 364 g/mol. The second kappa shape index (κ2) is 7.30. The van der Waals surface area contributed by atoms with E-state index in [-0.39, 0.29) is 5.91 Å². The highest BCUT2D eigenvalue weighted by Crippen LogP contribution is 2.24. The van der Waals surface area contributed by atoms with Gasteiger partial charge in [-0.05, 0) is 11.4 Å². The van der Waals surface area contributed by atoms with E-state index < -0.39 is 0 Å². The SMILES string of the molecule is Cn1ncc2c(N3CCN(CC(=O)Nc4sccc4C#N)CC3)ncnc21. The molecular formula is C17H18N8OS. The van der Waals surface area contributed by atoms with Gasteiger partial charge in [-0.1, -0.05) is 0 Å². The number of nitrogens with one attached hydrogen (secondary N) is 1. The van der Waals surface area contributed by atoms with E-state index in [9.17, 15) is 4.79 Å². The maximum Gasteiger partial charge on any atom is 0.239 e. The number of piperazine rings is 1. The number of thiophene rings is 1. The fraction of sp³-hybridized carbons (Fsp3) is 0.353. The van der Waals surface area contributed by atoms with Crippen LogP contribution in [-0.2, 0) is 11.8 Å². The Morgan fingerprint density at radius 1 is 1.33 bits per heavy atom. The molecule has 27 heavy (non-hydrogen) atoms. The lowest BCUT2D eigenvalue weighted by Gasteiger charge is -2.35. The highest BCUT2D eigenvalue weighted by atomic mass is 32.1. The highest BCUT2D eigenvalue weighted by Gasteiger charge is 2.22. The number of anilines is 2. The number of hydrogen-bond acceptors (Lipinski definition) is 8. The number of aromatic nitrogens is 4. The van der Waals surface area contributed by atoms with Crippen molar-refractivity contribution < 1.29 is 4.79 Å². The molecule has 4 heterocycles. The van der Waals surface area contributed by atoms with E-state index in [0.29, 0.717) is 17.1 Å². The van der Waals surface area contributed by atoms with Crippen LogP contribution in [0.3, 0.4) is 0 Å². The topological polar surface area (TPSA) is 103 Å². The minimum absolute atomic E-state index is 0.0981. The van der Waals surface area contributed by atoms with Crippen molar-refractivity contribution in [1.29, 1.82) is 5.26 Å². The van der Waals surface area contributed by atoms with Crippen molar-refractivity contribution in [3.8, 4) is 6.07 Å². The van der Waals surface area contributed by atoms with E-state index in [4.69, 9.17) is 5.26 Å². The fourth-order valence-electron chi connectivity index (χ4n) is 3.18. The third-order valence-electron chi connectivity index (χ3n) is 4.59. The summed E-state index contributed by atoms with van der Waals surface area (Å²) < 4.78 is 1.74. The van der Waals surface area contributed by atoms with Crippen molar-refractivity contribution in [2.75, 3.05) is 42.9 Å². The third-order valence-corrected chi connectivity index (χ3v) is 5.42. The maximum atomic E-state index is 12.3. The molecule has 1 fully saturated rings. The number of hydrogen-bond donors (Lipinski definition) is 1. The van der Waals surface area contributed by atoms with Crippen molar-refractivity contribution >= 4 is 39.1 Å². The Labute approximate surface area is 159 Å². The smallest absolute Gasteiger partial charge is 0.239 e. The van der Waals surface area contributed by atoms with Gasteiger partial charge in [-0.2, -0.15) is 10.4 Å². The van der Waals surface area contributed by atoms with Gasteiger partial charge in [-0.3, -0.25) is 14.4 Å². The molecule has 138 valence electrons. The summed E-state index contributed by atoms with van der Waals surface area (Å²) in [6.07, 6.45) is 3.35. The zero-order valence-corrected chi connectivity index (χ0v) is 15.6. The highest BCUT2D eigenvalue weighted by molar-refractivity contribution is 7.14. The van der Waals surface area contributed by atoms with Crippen LogP contribution in [0.4, 0.5) is 10.8 Å². The molecule has 4 rings (SSSR count). The molecule has 1 saturated heterocycles. The lowest BCUT2D eigenvalue weighted by atomic mass is 10.2. The average Bonchev–Trinajstić information content (AvgIpc) is 3.29. The monoisotopic (exact) mass is 382 g/mol. The first-order chi connectivity index (χ1) is 13.2. The van der Waals surface area contributed by atoms with E-state index in [1.165, 1.54) is 11.3 Å². The minimum Gasteiger partial charge on any atom is -0.353 e. The van der Waals surface area contributed by atoms with Gasteiger partial charge in [0.2, 0.25) is 5.91 Å². The molecule has 1 amide bonds. The summed E-state index contributed by atoms with van der Waals surface area (Å²) in [6.45, 7) is 3.37. The average molecular weight is 382 g/mol. The molecule has 1 N–H and O–H groups in total. The third kappa shape index (κ3) is 3.47. The zero-order valence-electron chi connectivity index (χ0n) is 14.8. The van der Waals surface area contributed by atoms with Crippen molar-refractivity contribution in [3.05, 3.63) is 29.5 Å². The quantitative estimate of drug-likeness (QED) is 0.719. The Balaban J connectivity index is 1.36. The molecule has 3 aromatic heterocycles. The molecule has 0 radical (unpaired) electrons. The van der Waals surface area contributed by atoms with Gasteiger partial charge in [0.25, 0.3) is 0 Å². The van der Waals surface area contributed by atoms with Crippen molar-refractivity contribution in [3.63, 3.8) is 0 Å². The van der Waals surface area contributed by atoms with Crippen LogP contribution >= 0.6 is 11.3 Å². The van der Waals surface area contributed by atoms with Gasteiger partial charge in [0.1, 0.15) is 23.2 Å². The molecule has 0 unspecified atom stereocenters. The number of nitriles is 1. The van der Waals surface area contributed by atoms with Gasteiger partial charge in [-0.25, -0.2) is 9.97 Å². The van der Waals surface area contributed by atoms with Gasteiger partial charge in [-0.15, -0.1) is 11.3 Å². The molecule has 10 heteroatoms. The summed E-state index contributed by atoms with van der Waals surface area (Å²) in [6, 6.07) is 3.79. The minimum atomic E-state index is -0.0981. The second-order valence-electron chi connectivity index (χ2n) is 6.29. The Bertz CT molecular complexity index is 1010. The number of aryl methyl sites for hydroxylation is 1. The Kier molecular flexibility index (Phi) is 4.70. The maximum absolute atomic E-state index is 12.3. The van der Waals surface area contributed by atoms with Crippen molar-refractivity contribution in [1.82, 2.24) is 24.6 Å². The van der Waals surface area contributed by atoms with Crippen LogP contribution in [0.5, 0.6) is 0 Å². The van der Waals surface area contributed by atoms with Crippen molar-refractivity contribution in [2.24, 2.45) is 7.05 Å². The summed E-state index contributed by atoms with van der Waals surface area (Å²) in [5, 5.41) is 19.5. The molecule has 0 saturated carbocycles. The number of rotatable bonds is 4. The van der Waals surface area contributed by atoms with Crippen LogP contribution < -0.4 is 10.2 Å². The van der Waals surface area contributed by atoms with Gasteiger partial charge in [0.15, 0.2) is 5.65 Å². The van der Waals surface area contributed by atoms with Crippen LogP contribution in [0.2, 0.25) is 0 Å². The van der Waals surface area contributed by atoms with E-state index in [0.717, 1.165) is 43.0 Å². The van der Waals surface area contributed by atoms with Crippen LogP contribution in [0.25, 0.3) is 11.0 Å². The van der Waals surface area contributed by atoms with Crippen LogP contribution in [0.15, 0.2) is 24.0 Å². The lowest BCUT2D eigenvalue weighted by molar-refractivity contribution is -0.117. The number of nitrogens with zero attached hydrogens (tertiary/aromatic N) is 7. The predicted molar refractivity (Wildman–Crippen MR) is 103 cm³/mol. The number of amides is 1. The Morgan fingerprint density at radius 2 is 2.15 bits per heavy atom. The number of fused-ring (bicyclic) bond motifs is 1. The van der Waals surface area contributed by atoms with Gasteiger partial charge < -0.3 is 10.2 Å². The molecule has 0 spiro atoms. The summed E-state index contributed by atoms with van der Waals surface area (Å²) in [7, 11) is 1.86. The normalized spacial score (nSPS) is 15.0. The standard InChI is InChI=1S/C17H18N8OS/c1-23-15-13(9-21-23)16(20-11-19-15)25-5-3-24(4-6-25)10-14(26)22-17-12(8-18)2-7-27-17/h2,7,9,11H,3-6,10H2,1H3,(H,22,26). The first-order valence-electron chi connectivity index (χ1n) is 8.53. The predicted octanol–water partition coefficient (Wildman–Crippen LogP) is 1.06. The Hall–Kier alpha value is -3.03. The molecule has 0 atom stereocenters. The largest absolute Gasteiger partial charge is 0.353 e. The lowest BCUT2D eigenvalue weighted by Crippen LogP contribution is -2.49. The van der Waals surface area contributed by atoms with Gasteiger partial charge in [0.05, 0.1) is 23.7 Å². The van der Waals surface area contributed by atoms with Crippen molar-refractivity contribution in [2.45, 2.75) is 0 Å². The molecule has 0 bridgehead atoms. The van der Waals surface area contributed by atoms with Gasteiger partial charge in [0, 0.05) is 33.2 Å².